The molecule has 1 aromatic rings. The second-order valence-corrected chi connectivity index (χ2v) is 6.70. The first-order valence-corrected chi connectivity index (χ1v) is 8.23. The fraction of sp³-hybridized carbons (Fsp3) is 0.438. The minimum Gasteiger partial charge on any atom is -0.479 e. The van der Waals surface area contributed by atoms with Crippen molar-refractivity contribution in [3.05, 3.63) is 33.8 Å². The summed E-state index contributed by atoms with van der Waals surface area (Å²) in [4.78, 5) is 37.6. The van der Waals surface area contributed by atoms with E-state index in [1.807, 2.05) is 6.92 Å². The van der Waals surface area contributed by atoms with Crippen LogP contribution in [0, 0.1) is 5.92 Å². The van der Waals surface area contributed by atoms with Crippen LogP contribution >= 0.6 is 23.2 Å². The van der Waals surface area contributed by atoms with Gasteiger partial charge < -0.3 is 15.3 Å². The molecular weight excluding hydrogens is 355 g/mol. The maximum absolute atomic E-state index is 12.5. The summed E-state index contributed by atoms with van der Waals surface area (Å²) in [5.41, 5.74) is -1.37. The molecule has 1 fully saturated rings. The van der Waals surface area contributed by atoms with Gasteiger partial charge in [0.15, 0.2) is 5.54 Å². The van der Waals surface area contributed by atoms with Gasteiger partial charge in [0.2, 0.25) is 11.8 Å². The summed E-state index contributed by atoms with van der Waals surface area (Å²) in [5, 5.41) is 12.7. The Morgan fingerprint density at radius 1 is 1.38 bits per heavy atom. The third-order valence-corrected chi connectivity index (χ3v) is 5.00. The molecule has 2 unspecified atom stereocenters. The van der Waals surface area contributed by atoms with Crippen LogP contribution in [0.1, 0.15) is 25.8 Å². The van der Waals surface area contributed by atoms with E-state index in [4.69, 9.17) is 23.2 Å². The number of amides is 2. The van der Waals surface area contributed by atoms with Crippen molar-refractivity contribution in [2.45, 2.75) is 25.8 Å². The van der Waals surface area contributed by atoms with Gasteiger partial charge in [0.05, 0.1) is 16.0 Å². The summed E-state index contributed by atoms with van der Waals surface area (Å²) in [5.74, 6) is -2.38. The molecule has 0 radical (unpaired) electrons. The standard InChI is InChI=1S/C16H18Cl2N2O4/c1-3-20-8-9(6-13(20)21)14(22)19-16(2,15(23)24)10-4-5-11(17)12(18)7-10/h4-5,7,9H,3,6,8H2,1-2H3,(H,19,22)(H,23,24). The molecule has 1 heterocycles. The molecule has 0 saturated carbocycles. The number of nitrogens with one attached hydrogen (secondary N) is 1. The van der Waals surface area contributed by atoms with Crippen molar-refractivity contribution in [3.8, 4) is 0 Å². The molecule has 0 spiro atoms. The number of likely N-dealkylation sites (tertiary alicyclic amines) is 1. The van der Waals surface area contributed by atoms with Crippen LogP contribution in [-0.2, 0) is 19.9 Å². The topological polar surface area (TPSA) is 86.7 Å². The number of nitrogens with zero attached hydrogens (tertiary/aromatic N) is 1. The number of carboxylic acids is 1. The predicted octanol–water partition coefficient (Wildman–Crippen LogP) is 2.28. The van der Waals surface area contributed by atoms with E-state index < -0.39 is 23.3 Å². The number of halogens is 2. The Morgan fingerprint density at radius 2 is 2.04 bits per heavy atom. The van der Waals surface area contributed by atoms with Crippen molar-refractivity contribution in [3.63, 3.8) is 0 Å². The van der Waals surface area contributed by atoms with E-state index in [9.17, 15) is 19.5 Å². The van der Waals surface area contributed by atoms with Gasteiger partial charge in [-0.2, -0.15) is 0 Å². The van der Waals surface area contributed by atoms with Gasteiger partial charge >= 0.3 is 5.97 Å². The number of hydrogen-bond acceptors (Lipinski definition) is 3. The van der Waals surface area contributed by atoms with E-state index in [0.717, 1.165) is 0 Å². The van der Waals surface area contributed by atoms with Crippen molar-refractivity contribution in [2.75, 3.05) is 13.1 Å². The number of rotatable bonds is 5. The molecule has 1 aliphatic rings. The van der Waals surface area contributed by atoms with Gasteiger partial charge in [-0.1, -0.05) is 29.3 Å². The monoisotopic (exact) mass is 372 g/mol. The van der Waals surface area contributed by atoms with Gasteiger partial charge in [-0.3, -0.25) is 9.59 Å². The highest BCUT2D eigenvalue weighted by molar-refractivity contribution is 6.42. The lowest BCUT2D eigenvalue weighted by Crippen LogP contribution is -2.51. The number of carbonyl (C=O) groups excluding carboxylic acids is 2. The summed E-state index contributed by atoms with van der Waals surface area (Å²) in [6.07, 6.45) is 0.0801. The lowest BCUT2D eigenvalue weighted by molar-refractivity contribution is -0.148. The van der Waals surface area contributed by atoms with Crippen LogP contribution < -0.4 is 5.32 Å². The highest BCUT2D eigenvalue weighted by Crippen LogP contribution is 2.30. The first-order valence-electron chi connectivity index (χ1n) is 7.47. The molecule has 6 nitrogen and oxygen atoms in total. The second-order valence-electron chi connectivity index (χ2n) is 5.88. The third-order valence-electron chi connectivity index (χ3n) is 4.26. The number of aliphatic carboxylic acids is 1. The molecule has 0 aromatic heterocycles. The molecule has 8 heteroatoms. The molecule has 2 N–H and O–H groups in total. The molecule has 0 aliphatic carbocycles. The van der Waals surface area contributed by atoms with Crippen LogP contribution in [0.4, 0.5) is 0 Å². The van der Waals surface area contributed by atoms with E-state index >= 15 is 0 Å². The molecular formula is C16H18Cl2N2O4. The molecule has 0 bridgehead atoms. The van der Waals surface area contributed by atoms with Gasteiger partial charge in [-0.05, 0) is 31.5 Å². The van der Waals surface area contributed by atoms with Crippen LogP contribution in [0.3, 0.4) is 0 Å². The van der Waals surface area contributed by atoms with E-state index in [1.54, 1.807) is 4.90 Å². The van der Waals surface area contributed by atoms with Crippen LogP contribution in [0.2, 0.25) is 10.0 Å². The Labute approximate surface area is 149 Å². The van der Waals surface area contributed by atoms with Gasteiger partial charge in [0.1, 0.15) is 0 Å². The average Bonchev–Trinajstić information content (AvgIpc) is 2.90. The summed E-state index contributed by atoms with van der Waals surface area (Å²) in [6, 6.07) is 4.39. The SMILES string of the molecule is CCN1CC(C(=O)NC(C)(C(=O)O)c2ccc(Cl)c(Cl)c2)CC1=O. The highest BCUT2D eigenvalue weighted by atomic mass is 35.5. The molecule has 2 atom stereocenters. The molecule has 130 valence electrons. The van der Waals surface area contributed by atoms with Gasteiger partial charge in [-0.25, -0.2) is 4.79 Å². The quantitative estimate of drug-likeness (QED) is 0.829. The Kier molecular flexibility index (Phi) is 5.40. The van der Waals surface area contributed by atoms with E-state index in [2.05, 4.69) is 5.32 Å². The number of benzene rings is 1. The van der Waals surface area contributed by atoms with Crippen LogP contribution in [0.25, 0.3) is 0 Å². The zero-order valence-electron chi connectivity index (χ0n) is 13.3. The van der Waals surface area contributed by atoms with Crippen molar-refractivity contribution in [2.24, 2.45) is 5.92 Å². The lowest BCUT2D eigenvalue weighted by atomic mass is 9.91. The maximum atomic E-state index is 12.5. The number of hydrogen-bond donors (Lipinski definition) is 2. The molecule has 2 amide bonds. The summed E-state index contributed by atoms with van der Waals surface area (Å²) >= 11 is 11.8. The largest absolute Gasteiger partial charge is 0.479 e. The summed E-state index contributed by atoms with van der Waals surface area (Å²) in [6.45, 7) is 4.01. The Bertz CT molecular complexity index is 695. The molecule has 1 aromatic carbocycles. The minimum atomic E-state index is -1.67. The third kappa shape index (κ3) is 3.49. The van der Waals surface area contributed by atoms with Crippen molar-refractivity contribution in [1.82, 2.24) is 10.2 Å². The normalized spacial score (nSPS) is 19.9. The molecule has 1 aliphatic heterocycles. The number of carbonyl (C=O) groups is 3. The van der Waals surface area contributed by atoms with Gasteiger partial charge in [-0.15, -0.1) is 0 Å². The summed E-state index contributed by atoms with van der Waals surface area (Å²) in [7, 11) is 0. The minimum absolute atomic E-state index is 0.0801. The first-order chi connectivity index (χ1) is 11.2. The maximum Gasteiger partial charge on any atom is 0.333 e. The smallest absolute Gasteiger partial charge is 0.333 e. The van der Waals surface area contributed by atoms with Gasteiger partial charge in [0.25, 0.3) is 0 Å². The molecule has 2 rings (SSSR count). The predicted molar refractivity (Wildman–Crippen MR) is 90.0 cm³/mol. The second kappa shape index (κ2) is 6.99. The zero-order chi connectivity index (χ0) is 18.1. The fourth-order valence-electron chi connectivity index (χ4n) is 2.66. The Morgan fingerprint density at radius 3 is 2.54 bits per heavy atom. The fourth-order valence-corrected chi connectivity index (χ4v) is 2.96. The van der Waals surface area contributed by atoms with Crippen molar-refractivity contribution in [1.29, 1.82) is 0 Å². The summed E-state index contributed by atoms with van der Waals surface area (Å²) < 4.78 is 0. The zero-order valence-corrected chi connectivity index (χ0v) is 14.8. The molecule has 24 heavy (non-hydrogen) atoms. The van der Waals surface area contributed by atoms with E-state index in [1.165, 1.54) is 25.1 Å². The van der Waals surface area contributed by atoms with Crippen LogP contribution in [-0.4, -0.2) is 40.9 Å². The van der Waals surface area contributed by atoms with Gasteiger partial charge in [0, 0.05) is 19.5 Å². The van der Waals surface area contributed by atoms with Crippen molar-refractivity contribution < 1.29 is 19.5 Å². The van der Waals surface area contributed by atoms with Crippen LogP contribution in [0.5, 0.6) is 0 Å². The molecule has 1 saturated heterocycles. The lowest BCUT2D eigenvalue weighted by Gasteiger charge is -2.28. The van der Waals surface area contributed by atoms with E-state index in [-0.39, 0.29) is 23.9 Å². The number of carboxylic acid groups (broad SMARTS) is 1. The highest BCUT2D eigenvalue weighted by Gasteiger charge is 2.41. The Hall–Kier alpha value is -1.79. The van der Waals surface area contributed by atoms with E-state index in [0.29, 0.717) is 17.1 Å². The Balaban J connectivity index is 2.25. The van der Waals surface area contributed by atoms with Crippen molar-refractivity contribution >= 4 is 41.0 Å². The van der Waals surface area contributed by atoms with Crippen LogP contribution in [0.15, 0.2) is 18.2 Å². The first kappa shape index (κ1) is 18.5. The average molecular weight is 373 g/mol.